The van der Waals surface area contributed by atoms with Crippen molar-refractivity contribution >= 4 is 13.5 Å². The lowest BCUT2D eigenvalue weighted by atomic mass is 9.94. The van der Waals surface area contributed by atoms with Gasteiger partial charge in [-0.1, -0.05) is 0 Å². The maximum atomic E-state index is 11.6. The number of rotatable bonds is 3. The first-order valence-electron chi connectivity index (χ1n) is 5.16. The predicted molar refractivity (Wildman–Crippen MR) is 57.5 cm³/mol. The van der Waals surface area contributed by atoms with Gasteiger partial charge < -0.3 is 35.1 Å². The maximum Gasteiger partial charge on any atom is 0.334 e. The van der Waals surface area contributed by atoms with Gasteiger partial charge in [0.15, 0.2) is 0 Å². The van der Waals surface area contributed by atoms with E-state index in [0.717, 1.165) is 4.90 Å². The zero-order valence-electron chi connectivity index (χ0n) is 9.32. The van der Waals surface area contributed by atoms with Crippen molar-refractivity contribution in [3.8, 4) is 0 Å². The molecule has 9 nitrogen and oxygen atoms in total. The Morgan fingerprint density at radius 1 is 1.22 bits per heavy atom. The summed E-state index contributed by atoms with van der Waals surface area (Å²) in [5.41, 5.74) is 0. The molecule has 0 spiro atoms. The van der Waals surface area contributed by atoms with E-state index in [1.165, 1.54) is 0 Å². The topological polar surface area (TPSA) is 159 Å². The van der Waals surface area contributed by atoms with Crippen LogP contribution in [0.5, 0.6) is 0 Å². The molecule has 1 heterocycles. The van der Waals surface area contributed by atoms with E-state index in [9.17, 15) is 24.7 Å². The van der Waals surface area contributed by atoms with Crippen LogP contribution in [0.4, 0.5) is 0 Å². The van der Waals surface area contributed by atoms with Gasteiger partial charge in [-0.25, -0.2) is 0 Å². The van der Waals surface area contributed by atoms with E-state index in [1.807, 2.05) is 0 Å². The molecule has 1 saturated heterocycles. The average molecular weight is 285 g/mol. The molecule has 1 rings (SSSR count). The van der Waals surface area contributed by atoms with E-state index in [0.29, 0.717) is 0 Å². The smallest absolute Gasteiger partial charge is 0.334 e. The summed E-state index contributed by atoms with van der Waals surface area (Å²) in [6, 6.07) is -1.21. The van der Waals surface area contributed by atoms with Crippen LogP contribution in [0.1, 0.15) is 0 Å². The van der Waals surface area contributed by atoms with Gasteiger partial charge >= 0.3 is 7.60 Å². The number of hydrogen-bond donors (Lipinski definition) is 6. The van der Waals surface area contributed by atoms with E-state index in [-0.39, 0.29) is 0 Å². The first kappa shape index (κ1) is 15.5. The number of aliphatic hydroxyl groups is 4. The fourth-order valence-electron chi connectivity index (χ4n) is 1.84. The van der Waals surface area contributed by atoms with Crippen LogP contribution in [0.25, 0.3) is 0 Å². The molecule has 1 amide bonds. The molecule has 0 bridgehead atoms. The third-order valence-corrected chi connectivity index (χ3v) is 3.45. The highest BCUT2D eigenvalue weighted by Crippen LogP contribution is 2.35. The molecular weight excluding hydrogens is 269 g/mol. The SMILES string of the molecule is O=C(CP(=O)(O)O)N1CC(O)C(O)C(O)C1CO. The van der Waals surface area contributed by atoms with Crippen molar-refractivity contribution in [2.45, 2.75) is 24.4 Å². The molecule has 0 aromatic carbocycles. The van der Waals surface area contributed by atoms with Gasteiger partial charge in [0, 0.05) is 6.54 Å². The lowest BCUT2D eigenvalue weighted by molar-refractivity contribution is -0.164. The normalized spacial score (nSPS) is 33.6. The quantitative estimate of drug-likeness (QED) is 0.291. The van der Waals surface area contributed by atoms with Crippen LogP contribution in [0.15, 0.2) is 0 Å². The Morgan fingerprint density at radius 3 is 2.22 bits per heavy atom. The van der Waals surface area contributed by atoms with Crippen molar-refractivity contribution < 1.29 is 39.6 Å². The van der Waals surface area contributed by atoms with Crippen molar-refractivity contribution in [2.24, 2.45) is 0 Å². The van der Waals surface area contributed by atoms with Crippen LogP contribution >= 0.6 is 7.60 Å². The molecule has 4 unspecified atom stereocenters. The molecule has 6 N–H and O–H groups in total. The minimum absolute atomic E-state index is 0.414. The summed E-state index contributed by atoms with van der Waals surface area (Å²) in [7, 11) is -4.58. The molecule has 0 saturated carbocycles. The Bertz CT molecular complexity index is 357. The fraction of sp³-hybridized carbons (Fsp3) is 0.875. The van der Waals surface area contributed by atoms with Crippen molar-refractivity contribution in [3.63, 3.8) is 0 Å². The van der Waals surface area contributed by atoms with E-state index in [2.05, 4.69) is 0 Å². The van der Waals surface area contributed by atoms with Gasteiger partial charge in [-0.2, -0.15) is 0 Å². The van der Waals surface area contributed by atoms with Gasteiger partial charge in [0.05, 0.1) is 12.6 Å². The van der Waals surface area contributed by atoms with Gasteiger partial charge in [-0.05, 0) is 0 Å². The number of likely N-dealkylation sites (tertiary alicyclic amines) is 1. The lowest BCUT2D eigenvalue weighted by Gasteiger charge is -2.43. The molecule has 4 atom stereocenters. The molecule has 0 aromatic heterocycles. The number of β-amino-alcohol motifs (C(OH)–C–C–N with tert-alkyl or cyclic N) is 1. The predicted octanol–water partition coefficient (Wildman–Crippen LogP) is -3.55. The third kappa shape index (κ3) is 3.48. The van der Waals surface area contributed by atoms with Gasteiger partial charge in [0.2, 0.25) is 5.91 Å². The van der Waals surface area contributed by atoms with E-state index >= 15 is 0 Å². The summed E-state index contributed by atoms with van der Waals surface area (Å²) < 4.78 is 10.7. The number of piperidine rings is 1. The Morgan fingerprint density at radius 2 is 1.78 bits per heavy atom. The summed E-state index contributed by atoms with van der Waals surface area (Å²) in [4.78, 5) is 29.7. The summed E-state index contributed by atoms with van der Waals surface area (Å²) in [5, 5.41) is 37.4. The fourth-order valence-corrected chi connectivity index (χ4v) is 2.38. The summed E-state index contributed by atoms with van der Waals surface area (Å²) in [5.74, 6) is -1.01. The summed E-state index contributed by atoms with van der Waals surface area (Å²) >= 11 is 0. The molecule has 0 radical (unpaired) electrons. The largest absolute Gasteiger partial charge is 0.394 e. The summed E-state index contributed by atoms with van der Waals surface area (Å²) in [6.45, 7) is -1.11. The van der Waals surface area contributed by atoms with Crippen LogP contribution in [0.2, 0.25) is 0 Å². The Labute approximate surface area is 102 Å². The minimum atomic E-state index is -4.58. The molecule has 106 valence electrons. The van der Waals surface area contributed by atoms with Crippen LogP contribution in [-0.2, 0) is 9.36 Å². The zero-order valence-corrected chi connectivity index (χ0v) is 10.2. The molecular formula is C8H16NO8P. The van der Waals surface area contributed by atoms with E-state index < -0.39 is 57.2 Å². The molecule has 1 aliphatic heterocycles. The van der Waals surface area contributed by atoms with Gasteiger partial charge in [0.25, 0.3) is 0 Å². The monoisotopic (exact) mass is 285 g/mol. The Balaban J connectivity index is 2.85. The third-order valence-electron chi connectivity index (χ3n) is 2.77. The maximum absolute atomic E-state index is 11.6. The lowest BCUT2D eigenvalue weighted by Crippen LogP contribution is -2.64. The molecule has 1 aliphatic rings. The number of nitrogens with zero attached hydrogens (tertiary/aromatic N) is 1. The standard InChI is InChI=1S/C8H16NO8P/c10-2-4-7(13)8(14)5(11)1-9(4)6(12)3-18(15,16)17/h4-5,7-8,10-11,13-14H,1-3H2,(H2,15,16,17). The van der Waals surface area contributed by atoms with Crippen molar-refractivity contribution in [1.82, 2.24) is 4.90 Å². The first-order valence-corrected chi connectivity index (χ1v) is 6.96. The molecule has 0 aromatic rings. The minimum Gasteiger partial charge on any atom is -0.394 e. The number of amides is 1. The van der Waals surface area contributed by atoms with Crippen molar-refractivity contribution in [2.75, 3.05) is 19.3 Å². The van der Waals surface area contributed by atoms with Crippen molar-refractivity contribution in [3.05, 3.63) is 0 Å². The number of aliphatic hydroxyl groups excluding tert-OH is 4. The van der Waals surface area contributed by atoms with Gasteiger partial charge in [-0.15, -0.1) is 0 Å². The molecule has 18 heavy (non-hydrogen) atoms. The number of carbonyl (C=O) groups excluding carboxylic acids is 1. The Kier molecular flexibility index (Phi) is 4.84. The summed E-state index contributed by atoms with van der Waals surface area (Å²) in [6.07, 6.45) is -5.64. The van der Waals surface area contributed by atoms with E-state index in [4.69, 9.17) is 14.9 Å². The van der Waals surface area contributed by atoms with Gasteiger partial charge in [0.1, 0.15) is 24.5 Å². The van der Waals surface area contributed by atoms with Crippen molar-refractivity contribution in [1.29, 1.82) is 0 Å². The van der Waals surface area contributed by atoms with E-state index in [1.54, 1.807) is 0 Å². The number of hydrogen-bond acceptors (Lipinski definition) is 6. The molecule has 0 aliphatic carbocycles. The molecule has 1 fully saturated rings. The van der Waals surface area contributed by atoms with Crippen LogP contribution in [0, 0.1) is 0 Å². The number of carbonyl (C=O) groups is 1. The second kappa shape index (κ2) is 5.62. The first-order chi connectivity index (χ1) is 8.17. The zero-order chi connectivity index (χ0) is 14.1. The second-order valence-electron chi connectivity index (χ2n) is 4.17. The molecule has 10 heteroatoms. The highest BCUT2D eigenvalue weighted by molar-refractivity contribution is 7.52. The second-order valence-corrected chi connectivity index (χ2v) is 5.81. The Hall–Kier alpha value is -0.540. The highest BCUT2D eigenvalue weighted by Gasteiger charge is 2.43. The van der Waals surface area contributed by atoms with Crippen LogP contribution < -0.4 is 0 Å². The van der Waals surface area contributed by atoms with Crippen LogP contribution in [-0.4, -0.2) is 84.7 Å². The average Bonchev–Trinajstić information content (AvgIpc) is 2.23. The van der Waals surface area contributed by atoms with Crippen LogP contribution in [0.3, 0.4) is 0 Å². The highest BCUT2D eigenvalue weighted by atomic mass is 31.2. The van der Waals surface area contributed by atoms with Gasteiger partial charge in [-0.3, -0.25) is 9.36 Å².